The smallest absolute Gasteiger partial charge is 0.337 e. The number of carboxylic acids is 1. The van der Waals surface area contributed by atoms with Gasteiger partial charge in [0.05, 0.1) is 16.6 Å². The lowest BCUT2D eigenvalue weighted by Crippen LogP contribution is -2.24. The molecule has 1 fully saturated rings. The molecule has 5 heteroatoms. The number of nitrogens with zero attached hydrogens (tertiary/aromatic N) is 3. The second-order valence-electron chi connectivity index (χ2n) is 5.34. The fraction of sp³-hybridized carbons (Fsp3) is 0.467. The summed E-state index contributed by atoms with van der Waals surface area (Å²) in [5.41, 5.74) is 1.85. The van der Waals surface area contributed by atoms with E-state index < -0.39 is 5.97 Å². The van der Waals surface area contributed by atoms with E-state index in [2.05, 4.69) is 9.88 Å². The minimum absolute atomic E-state index is 0.338. The van der Waals surface area contributed by atoms with Crippen LogP contribution in [0.5, 0.6) is 0 Å². The molecule has 3 rings (SSSR count). The first-order valence-corrected chi connectivity index (χ1v) is 7.08. The Hall–Kier alpha value is -1.88. The van der Waals surface area contributed by atoms with E-state index in [0.717, 1.165) is 43.0 Å². The van der Waals surface area contributed by atoms with E-state index in [-0.39, 0.29) is 0 Å². The molecule has 0 spiro atoms. The number of aromatic nitrogens is 2. The van der Waals surface area contributed by atoms with Crippen LogP contribution in [0.2, 0.25) is 0 Å². The number of likely N-dealkylation sites (tertiary alicyclic amines) is 1. The summed E-state index contributed by atoms with van der Waals surface area (Å²) in [6.45, 7) is 6.00. The number of para-hydroxylation sites is 1. The van der Waals surface area contributed by atoms with Gasteiger partial charge in [-0.1, -0.05) is 6.07 Å². The van der Waals surface area contributed by atoms with E-state index in [4.69, 9.17) is 0 Å². The van der Waals surface area contributed by atoms with Crippen LogP contribution in [0.25, 0.3) is 11.0 Å². The molecule has 1 aliphatic heterocycles. The van der Waals surface area contributed by atoms with Gasteiger partial charge in [0.25, 0.3) is 0 Å². The van der Waals surface area contributed by atoms with Gasteiger partial charge in [-0.05, 0) is 45.0 Å². The van der Waals surface area contributed by atoms with Gasteiger partial charge in [0, 0.05) is 13.1 Å². The SMILES string of the molecule is Cc1nc2cccc(C(=O)O)c2n1CCN1CCCC1. The summed E-state index contributed by atoms with van der Waals surface area (Å²) in [6.07, 6.45) is 2.54. The Labute approximate surface area is 117 Å². The molecule has 2 heterocycles. The summed E-state index contributed by atoms with van der Waals surface area (Å²) in [6, 6.07) is 5.28. The third-order valence-corrected chi connectivity index (χ3v) is 4.03. The standard InChI is InChI=1S/C15H19N3O2/c1-11-16-13-6-4-5-12(15(19)20)14(13)18(11)10-9-17-7-2-3-8-17/h4-6H,2-3,7-10H2,1H3,(H,19,20). The first kappa shape index (κ1) is 13.1. The van der Waals surface area contributed by atoms with Crippen molar-refractivity contribution in [3.63, 3.8) is 0 Å². The molecule has 1 aromatic heterocycles. The van der Waals surface area contributed by atoms with Crippen LogP contribution in [0.15, 0.2) is 18.2 Å². The highest BCUT2D eigenvalue weighted by molar-refractivity contribution is 6.01. The van der Waals surface area contributed by atoms with Crippen LogP contribution in [-0.4, -0.2) is 45.2 Å². The number of imidazole rings is 1. The van der Waals surface area contributed by atoms with E-state index in [0.29, 0.717) is 5.56 Å². The van der Waals surface area contributed by atoms with E-state index in [9.17, 15) is 9.90 Å². The lowest BCUT2D eigenvalue weighted by Gasteiger charge is -2.16. The maximum atomic E-state index is 11.4. The lowest BCUT2D eigenvalue weighted by molar-refractivity contribution is 0.0698. The van der Waals surface area contributed by atoms with Gasteiger partial charge in [-0.15, -0.1) is 0 Å². The summed E-state index contributed by atoms with van der Waals surface area (Å²) in [5.74, 6) is -0.00850. The molecular formula is C15H19N3O2. The van der Waals surface area contributed by atoms with E-state index in [1.54, 1.807) is 12.1 Å². The quantitative estimate of drug-likeness (QED) is 0.927. The van der Waals surface area contributed by atoms with Crippen molar-refractivity contribution in [2.24, 2.45) is 0 Å². The van der Waals surface area contributed by atoms with Crippen molar-refractivity contribution < 1.29 is 9.90 Å². The number of benzene rings is 1. The Morgan fingerprint density at radius 2 is 2.05 bits per heavy atom. The maximum absolute atomic E-state index is 11.4. The first-order chi connectivity index (χ1) is 9.66. The zero-order valence-electron chi connectivity index (χ0n) is 11.7. The molecule has 0 aliphatic carbocycles. The summed E-state index contributed by atoms with van der Waals surface area (Å²) in [7, 11) is 0. The molecule has 1 N–H and O–H groups in total. The van der Waals surface area contributed by atoms with E-state index in [1.807, 2.05) is 17.6 Å². The largest absolute Gasteiger partial charge is 0.478 e. The van der Waals surface area contributed by atoms with Gasteiger partial charge < -0.3 is 14.6 Å². The number of carbonyl (C=O) groups is 1. The van der Waals surface area contributed by atoms with Crippen molar-refractivity contribution >= 4 is 17.0 Å². The molecule has 0 radical (unpaired) electrons. The Morgan fingerprint density at radius 3 is 2.75 bits per heavy atom. The molecule has 0 bridgehead atoms. The molecule has 1 saturated heterocycles. The normalized spacial score (nSPS) is 16.1. The second-order valence-corrected chi connectivity index (χ2v) is 5.34. The molecule has 2 aromatic rings. The molecule has 1 aromatic carbocycles. The maximum Gasteiger partial charge on any atom is 0.337 e. The lowest BCUT2D eigenvalue weighted by atomic mass is 10.2. The third kappa shape index (κ3) is 2.29. The number of hydrogen-bond donors (Lipinski definition) is 1. The summed E-state index contributed by atoms with van der Waals surface area (Å²) in [5, 5.41) is 9.34. The zero-order valence-corrected chi connectivity index (χ0v) is 11.7. The van der Waals surface area contributed by atoms with Crippen LogP contribution in [0.4, 0.5) is 0 Å². The van der Waals surface area contributed by atoms with Gasteiger partial charge in [0.1, 0.15) is 5.82 Å². The molecular weight excluding hydrogens is 254 g/mol. The molecule has 0 atom stereocenters. The van der Waals surface area contributed by atoms with Crippen molar-refractivity contribution in [1.29, 1.82) is 0 Å². The van der Waals surface area contributed by atoms with Gasteiger partial charge in [0.15, 0.2) is 0 Å². The minimum Gasteiger partial charge on any atom is -0.478 e. The number of rotatable bonds is 4. The number of carboxylic acid groups (broad SMARTS) is 1. The molecule has 0 saturated carbocycles. The summed E-state index contributed by atoms with van der Waals surface area (Å²) >= 11 is 0. The number of aryl methyl sites for hydroxylation is 1. The molecule has 0 unspecified atom stereocenters. The Bertz CT molecular complexity index is 642. The zero-order chi connectivity index (χ0) is 14.1. The van der Waals surface area contributed by atoms with E-state index >= 15 is 0 Å². The van der Waals surface area contributed by atoms with Crippen molar-refractivity contribution in [2.75, 3.05) is 19.6 Å². The Morgan fingerprint density at radius 1 is 1.30 bits per heavy atom. The van der Waals surface area contributed by atoms with Crippen LogP contribution in [-0.2, 0) is 6.54 Å². The van der Waals surface area contributed by atoms with Gasteiger partial charge in [-0.2, -0.15) is 0 Å². The molecule has 106 valence electrons. The Balaban J connectivity index is 1.95. The first-order valence-electron chi connectivity index (χ1n) is 7.08. The van der Waals surface area contributed by atoms with Crippen LogP contribution in [0.1, 0.15) is 29.0 Å². The van der Waals surface area contributed by atoms with E-state index in [1.165, 1.54) is 12.8 Å². The molecule has 20 heavy (non-hydrogen) atoms. The van der Waals surface area contributed by atoms with Crippen LogP contribution in [0, 0.1) is 6.92 Å². The number of aromatic carboxylic acids is 1. The van der Waals surface area contributed by atoms with Gasteiger partial charge in [0.2, 0.25) is 0 Å². The fourth-order valence-electron chi connectivity index (χ4n) is 3.00. The van der Waals surface area contributed by atoms with Crippen molar-refractivity contribution in [2.45, 2.75) is 26.3 Å². The van der Waals surface area contributed by atoms with Crippen molar-refractivity contribution in [3.05, 3.63) is 29.6 Å². The molecule has 0 amide bonds. The predicted octanol–water partition coefficient (Wildman–Crippen LogP) is 2.14. The van der Waals surface area contributed by atoms with Gasteiger partial charge in [-0.3, -0.25) is 0 Å². The minimum atomic E-state index is -0.891. The van der Waals surface area contributed by atoms with Crippen molar-refractivity contribution in [1.82, 2.24) is 14.5 Å². The predicted molar refractivity (Wildman–Crippen MR) is 77.1 cm³/mol. The number of hydrogen-bond acceptors (Lipinski definition) is 3. The van der Waals surface area contributed by atoms with Gasteiger partial charge in [-0.25, -0.2) is 9.78 Å². The third-order valence-electron chi connectivity index (χ3n) is 4.03. The Kier molecular flexibility index (Phi) is 3.44. The molecule has 5 nitrogen and oxygen atoms in total. The van der Waals surface area contributed by atoms with Crippen LogP contribution >= 0.6 is 0 Å². The van der Waals surface area contributed by atoms with Crippen molar-refractivity contribution in [3.8, 4) is 0 Å². The average Bonchev–Trinajstić information content (AvgIpc) is 3.02. The topological polar surface area (TPSA) is 58.4 Å². The number of fused-ring (bicyclic) bond motifs is 1. The highest BCUT2D eigenvalue weighted by atomic mass is 16.4. The van der Waals surface area contributed by atoms with Gasteiger partial charge >= 0.3 is 5.97 Å². The second kappa shape index (κ2) is 5.25. The average molecular weight is 273 g/mol. The van der Waals surface area contributed by atoms with Crippen LogP contribution < -0.4 is 0 Å². The summed E-state index contributed by atoms with van der Waals surface area (Å²) < 4.78 is 2.04. The highest BCUT2D eigenvalue weighted by Gasteiger charge is 2.17. The monoisotopic (exact) mass is 273 g/mol. The fourth-order valence-corrected chi connectivity index (χ4v) is 3.00. The summed E-state index contributed by atoms with van der Waals surface area (Å²) in [4.78, 5) is 18.3. The van der Waals surface area contributed by atoms with Crippen LogP contribution in [0.3, 0.4) is 0 Å². The molecule has 1 aliphatic rings. The highest BCUT2D eigenvalue weighted by Crippen LogP contribution is 2.21.